The molecule has 6 heteroatoms. The molecule has 0 saturated heterocycles. The molecule has 1 saturated carbocycles. The van der Waals surface area contributed by atoms with Gasteiger partial charge in [0.05, 0.1) is 12.8 Å². The Kier molecular flexibility index (Phi) is 10.0. The molecule has 2 aromatic carbocycles. The third kappa shape index (κ3) is 6.99. The predicted octanol–water partition coefficient (Wildman–Crippen LogP) is 6.37. The minimum Gasteiger partial charge on any atom is -0.494 e. The lowest BCUT2D eigenvalue weighted by atomic mass is 9.73. The Hall–Kier alpha value is -2.15. The summed E-state index contributed by atoms with van der Waals surface area (Å²) in [6.45, 7) is 2.50. The van der Waals surface area contributed by atoms with Crippen molar-refractivity contribution < 1.29 is 14.3 Å². The molecule has 1 aliphatic rings. The minimum atomic E-state index is -1.17. The highest BCUT2D eigenvalue weighted by atomic mass is 79.9. The summed E-state index contributed by atoms with van der Waals surface area (Å²) in [4.78, 5) is 6.88. The van der Waals surface area contributed by atoms with Gasteiger partial charge >= 0.3 is 0 Å². The molecule has 1 aliphatic carbocycles. The highest BCUT2D eigenvalue weighted by molar-refractivity contribution is 9.09. The summed E-state index contributed by atoms with van der Waals surface area (Å²) in [6.07, 6.45) is 10.0. The van der Waals surface area contributed by atoms with E-state index in [-0.39, 0.29) is 5.92 Å². The number of benzene rings is 2. The molecule has 0 amide bonds. The third-order valence-corrected chi connectivity index (χ3v) is 7.66. The zero-order valence-electron chi connectivity index (χ0n) is 21.4. The predicted molar refractivity (Wildman–Crippen MR) is 148 cm³/mol. The second-order valence-electron chi connectivity index (χ2n) is 9.94. The maximum absolute atomic E-state index is 12.0. The van der Waals surface area contributed by atoms with E-state index in [1.165, 1.54) is 12.0 Å². The molecule has 1 atom stereocenters. The summed E-state index contributed by atoms with van der Waals surface area (Å²) in [5, 5.41) is 12.9. The first-order chi connectivity index (χ1) is 17.6. The quantitative estimate of drug-likeness (QED) is 0.196. The zero-order chi connectivity index (χ0) is 25.2. The Morgan fingerprint density at radius 3 is 2.64 bits per heavy atom. The van der Waals surface area contributed by atoms with Crippen molar-refractivity contribution in [2.75, 3.05) is 32.1 Å². The molecule has 0 spiro atoms. The van der Waals surface area contributed by atoms with E-state index in [9.17, 15) is 5.11 Å². The molecular formula is C30H39BrN2O3. The molecule has 1 N–H and O–H groups in total. The fourth-order valence-electron chi connectivity index (χ4n) is 5.18. The van der Waals surface area contributed by atoms with Crippen molar-refractivity contribution in [2.24, 2.45) is 5.92 Å². The average Bonchev–Trinajstić information content (AvgIpc) is 3.41. The van der Waals surface area contributed by atoms with Gasteiger partial charge in [0, 0.05) is 30.8 Å². The topological polar surface area (TPSA) is 58.7 Å². The van der Waals surface area contributed by atoms with Crippen LogP contribution in [0.3, 0.4) is 0 Å². The normalized spacial score (nSPS) is 16.2. The summed E-state index contributed by atoms with van der Waals surface area (Å²) < 4.78 is 12.2. The van der Waals surface area contributed by atoms with Gasteiger partial charge in [-0.15, -0.1) is 0 Å². The van der Waals surface area contributed by atoms with Gasteiger partial charge in [-0.25, -0.2) is 4.98 Å². The van der Waals surface area contributed by atoms with Crippen molar-refractivity contribution in [3.8, 4) is 5.75 Å². The first-order valence-corrected chi connectivity index (χ1v) is 14.4. The number of halogens is 1. The second-order valence-corrected chi connectivity index (χ2v) is 10.7. The van der Waals surface area contributed by atoms with E-state index in [1.807, 2.05) is 36.4 Å². The fourth-order valence-corrected chi connectivity index (χ4v) is 5.64. The number of hydrogen-bond donors (Lipinski definition) is 1. The number of ether oxygens (including phenoxy) is 1. The first-order valence-electron chi connectivity index (χ1n) is 13.3. The molecule has 36 heavy (non-hydrogen) atoms. The molecule has 1 aromatic heterocycles. The average molecular weight is 556 g/mol. The largest absolute Gasteiger partial charge is 0.494 e. The number of oxazole rings is 1. The summed E-state index contributed by atoms with van der Waals surface area (Å²) in [5.74, 6) is 2.33. The molecule has 5 nitrogen and oxygen atoms in total. The number of aliphatic hydroxyl groups is 1. The number of aryl methyl sites for hydroxylation is 1. The molecular weight excluding hydrogens is 516 g/mol. The number of hydrogen-bond acceptors (Lipinski definition) is 5. The number of likely N-dealkylation sites (N-methyl/N-ethyl adjacent to an activating group) is 1. The number of aromatic nitrogens is 1. The first kappa shape index (κ1) is 26.9. The van der Waals surface area contributed by atoms with E-state index in [1.54, 1.807) is 6.20 Å². The van der Waals surface area contributed by atoms with Gasteiger partial charge in [0.1, 0.15) is 11.5 Å². The standard InChI is InChI=1S/C30H39BrN2O3/c1-33(19-9-21-35-27-15-8-10-24(22-27)16-18-31)20-17-28-23-32-29(36-28)30(34,25-11-4-2-5-12-25)26-13-6-3-7-14-26/h2,4-5,8,10-12,15,22-23,26,34H,3,6-7,9,13-14,16-21H2,1H3. The molecule has 1 unspecified atom stereocenters. The lowest BCUT2D eigenvalue weighted by molar-refractivity contribution is -0.0239. The molecule has 194 valence electrons. The van der Waals surface area contributed by atoms with E-state index >= 15 is 0 Å². The van der Waals surface area contributed by atoms with Crippen LogP contribution in [0.25, 0.3) is 0 Å². The third-order valence-electron chi connectivity index (χ3n) is 7.26. The van der Waals surface area contributed by atoms with Crippen LogP contribution in [0.5, 0.6) is 5.75 Å². The van der Waals surface area contributed by atoms with Crippen LogP contribution in [-0.4, -0.2) is 47.1 Å². The van der Waals surface area contributed by atoms with Crippen LogP contribution in [0.4, 0.5) is 0 Å². The van der Waals surface area contributed by atoms with Crippen molar-refractivity contribution in [2.45, 2.75) is 57.0 Å². The van der Waals surface area contributed by atoms with E-state index in [2.05, 4.69) is 51.1 Å². The zero-order valence-corrected chi connectivity index (χ0v) is 23.0. The Balaban J connectivity index is 1.28. The smallest absolute Gasteiger partial charge is 0.231 e. The molecule has 0 aliphatic heterocycles. The van der Waals surface area contributed by atoms with Gasteiger partial charge < -0.3 is 19.2 Å². The fraction of sp³-hybridized carbons (Fsp3) is 0.500. The minimum absolute atomic E-state index is 0.128. The van der Waals surface area contributed by atoms with Crippen molar-refractivity contribution in [3.63, 3.8) is 0 Å². The highest BCUT2D eigenvalue weighted by Gasteiger charge is 2.44. The SMILES string of the molecule is CN(CCCOc1cccc(CCBr)c1)CCc1cnc(C(O)(c2ccccc2)C2CCCCC2)o1. The Labute approximate surface area is 224 Å². The van der Waals surface area contributed by atoms with E-state index in [0.29, 0.717) is 12.5 Å². The maximum Gasteiger partial charge on any atom is 0.231 e. The van der Waals surface area contributed by atoms with Crippen LogP contribution in [0, 0.1) is 5.92 Å². The van der Waals surface area contributed by atoms with Gasteiger partial charge in [-0.1, -0.05) is 77.7 Å². The van der Waals surface area contributed by atoms with Crippen molar-refractivity contribution in [1.82, 2.24) is 9.88 Å². The maximum atomic E-state index is 12.0. The van der Waals surface area contributed by atoms with Crippen LogP contribution in [0.2, 0.25) is 0 Å². The van der Waals surface area contributed by atoms with Crippen LogP contribution < -0.4 is 4.74 Å². The summed E-state index contributed by atoms with van der Waals surface area (Å²) in [6, 6.07) is 18.2. The van der Waals surface area contributed by atoms with Gasteiger partial charge in [-0.2, -0.15) is 0 Å². The monoisotopic (exact) mass is 554 g/mol. The summed E-state index contributed by atoms with van der Waals surface area (Å²) >= 11 is 3.49. The number of alkyl halides is 1. The molecule has 4 rings (SSSR count). The Morgan fingerprint density at radius 2 is 1.86 bits per heavy atom. The van der Waals surface area contributed by atoms with Crippen molar-refractivity contribution in [1.29, 1.82) is 0 Å². The lowest BCUT2D eigenvalue weighted by Gasteiger charge is -2.36. The molecule has 3 aromatic rings. The summed E-state index contributed by atoms with van der Waals surface area (Å²) in [5.41, 5.74) is 0.991. The van der Waals surface area contributed by atoms with Gasteiger partial charge in [0.25, 0.3) is 0 Å². The van der Waals surface area contributed by atoms with Crippen LogP contribution >= 0.6 is 15.9 Å². The van der Waals surface area contributed by atoms with E-state index in [0.717, 1.165) is 80.4 Å². The summed E-state index contributed by atoms with van der Waals surface area (Å²) in [7, 11) is 2.12. The highest BCUT2D eigenvalue weighted by Crippen LogP contribution is 2.43. The van der Waals surface area contributed by atoms with Crippen molar-refractivity contribution in [3.05, 3.63) is 83.6 Å². The van der Waals surface area contributed by atoms with Crippen LogP contribution in [-0.2, 0) is 18.4 Å². The van der Waals surface area contributed by atoms with Gasteiger partial charge in [-0.3, -0.25) is 0 Å². The lowest BCUT2D eigenvalue weighted by Crippen LogP contribution is -2.38. The molecule has 0 radical (unpaired) electrons. The van der Waals surface area contributed by atoms with Gasteiger partial charge in [0.15, 0.2) is 5.60 Å². The Morgan fingerprint density at radius 1 is 1.06 bits per heavy atom. The van der Waals surface area contributed by atoms with Gasteiger partial charge in [0.2, 0.25) is 5.89 Å². The number of rotatable bonds is 13. The molecule has 1 heterocycles. The van der Waals surface area contributed by atoms with E-state index in [4.69, 9.17) is 9.15 Å². The molecule has 1 fully saturated rings. The Bertz CT molecular complexity index is 1050. The van der Waals surface area contributed by atoms with Crippen LogP contribution in [0.1, 0.15) is 61.3 Å². The molecule has 0 bridgehead atoms. The van der Waals surface area contributed by atoms with Crippen molar-refractivity contribution >= 4 is 15.9 Å². The number of nitrogens with zero attached hydrogens (tertiary/aromatic N) is 2. The second kappa shape index (κ2) is 13.4. The van der Waals surface area contributed by atoms with E-state index < -0.39 is 5.60 Å². The van der Waals surface area contributed by atoms with Crippen LogP contribution in [0.15, 0.2) is 65.2 Å². The van der Waals surface area contributed by atoms with Gasteiger partial charge in [-0.05, 0) is 56.0 Å².